The van der Waals surface area contributed by atoms with Crippen molar-refractivity contribution in [3.8, 4) is 5.69 Å². The Morgan fingerprint density at radius 1 is 1.15 bits per heavy atom. The summed E-state index contributed by atoms with van der Waals surface area (Å²) in [5, 5.41) is 8.46. The first-order chi connectivity index (χ1) is 16.3. The third-order valence-electron chi connectivity index (χ3n) is 6.19. The first-order valence-electron chi connectivity index (χ1n) is 11.1. The smallest absolute Gasteiger partial charge is 0.265 e. The Labute approximate surface area is 201 Å². The van der Waals surface area contributed by atoms with E-state index < -0.39 is 0 Å². The molecular weight excluding hydrogens is 448 g/mol. The van der Waals surface area contributed by atoms with E-state index in [2.05, 4.69) is 17.3 Å². The van der Waals surface area contributed by atoms with E-state index in [1.807, 2.05) is 68.4 Å². The van der Waals surface area contributed by atoms with Gasteiger partial charge in [-0.05, 0) is 61.4 Å². The quantitative estimate of drug-likeness (QED) is 0.441. The zero-order valence-electron chi connectivity index (χ0n) is 19.6. The molecule has 2 aromatic carbocycles. The molecule has 1 N–H and O–H groups in total. The van der Waals surface area contributed by atoms with E-state index >= 15 is 0 Å². The summed E-state index contributed by atoms with van der Waals surface area (Å²) in [5.41, 5.74) is 5.38. The average Bonchev–Trinajstić information content (AvgIpc) is 3.41. The molecule has 1 atom stereocenters. The van der Waals surface area contributed by atoms with E-state index in [0.717, 1.165) is 22.6 Å². The van der Waals surface area contributed by atoms with E-state index in [-0.39, 0.29) is 23.9 Å². The molecule has 5 rings (SSSR count). The number of amides is 1. The summed E-state index contributed by atoms with van der Waals surface area (Å²) in [7, 11) is 3.94. The molecule has 2 aromatic heterocycles. The summed E-state index contributed by atoms with van der Waals surface area (Å²) in [6.07, 6.45) is 1.77. The number of aryl methyl sites for hydroxylation is 2. The van der Waals surface area contributed by atoms with Gasteiger partial charge in [-0.1, -0.05) is 17.8 Å². The normalized spacial score (nSPS) is 14.9. The first kappa shape index (κ1) is 22.2. The molecule has 1 unspecified atom stereocenters. The van der Waals surface area contributed by atoms with Crippen LogP contribution in [0.3, 0.4) is 0 Å². The second-order valence-corrected chi connectivity index (χ2v) is 9.78. The fourth-order valence-electron chi connectivity index (χ4n) is 4.10. The SMILES string of the molecule is Cc1ccc(-n2ncc3c(=O)n4c(nc32)SCC4CC(=O)Nc2ccc(N(C)C)cc2)cc1C. The number of thioether (sulfide) groups is 1. The van der Waals surface area contributed by atoms with Gasteiger partial charge in [0.05, 0.1) is 17.9 Å². The number of anilines is 2. The largest absolute Gasteiger partial charge is 0.378 e. The Morgan fingerprint density at radius 2 is 1.91 bits per heavy atom. The van der Waals surface area contributed by atoms with Gasteiger partial charge in [0.25, 0.3) is 5.56 Å². The number of nitrogens with zero attached hydrogens (tertiary/aromatic N) is 5. The van der Waals surface area contributed by atoms with Gasteiger partial charge in [0.2, 0.25) is 5.91 Å². The molecule has 1 amide bonds. The zero-order valence-corrected chi connectivity index (χ0v) is 20.4. The van der Waals surface area contributed by atoms with Crippen LogP contribution >= 0.6 is 11.8 Å². The fraction of sp³-hybridized carbons (Fsp3) is 0.280. The summed E-state index contributed by atoms with van der Waals surface area (Å²) in [4.78, 5) is 32.9. The summed E-state index contributed by atoms with van der Waals surface area (Å²) >= 11 is 1.50. The second kappa shape index (κ2) is 8.64. The minimum absolute atomic E-state index is 0.131. The van der Waals surface area contributed by atoms with Crippen molar-refractivity contribution in [3.05, 3.63) is 70.1 Å². The van der Waals surface area contributed by atoms with Crippen LogP contribution in [-0.4, -0.2) is 45.1 Å². The molecule has 0 fully saturated rings. The van der Waals surface area contributed by atoms with Gasteiger partial charge in [-0.2, -0.15) is 5.10 Å². The molecular formula is C25H26N6O2S. The molecule has 0 aliphatic carbocycles. The molecule has 0 radical (unpaired) electrons. The molecule has 4 aromatic rings. The Balaban J connectivity index is 1.40. The van der Waals surface area contributed by atoms with Crippen LogP contribution in [-0.2, 0) is 4.79 Å². The molecule has 1 aliphatic rings. The number of aromatic nitrogens is 4. The van der Waals surface area contributed by atoms with Crippen molar-refractivity contribution in [1.82, 2.24) is 19.3 Å². The third-order valence-corrected chi connectivity index (χ3v) is 7.29. The van der Waals surface area contributed by atoms with Crippen molar-refractivity contribution in [3.63, 3.8) is 0 Å². The van der Waals surface area contributed by atoms with Crippen molar-refractivity contribution in [2.45, 2.75) is 31.5 Å². The lowest BCUT2D eigenvalue weighted by atomic mass is 10.1. The Hall–Kier alpha value is -3.59. The number of hydrogen-bond donors (Lipinski definition) is 1. The molecule has 0 saturated heterocycles. The summed E-state index contributed by atoms with van der Waals surface area (Å²) in [6.45, 7) is 4.11. The minimum atomic E-state index is -0.254. The standard InChI is InChI=1S/C25H26N6O2S/c1-15-5-8-19(11-16(15)2)31-23-21(13-26-31)24(33)30-20(14-34-25(30)28-23)12-22(32)27-17-6-9-18(10-7-17)29(3)4/h5-11,13,20H,12,14H2,1-4H3,(H,27,32). The maximum atomic E-state index is 13.4. The lowest BCUT2D eigenvalue weighted by molar-refractivity contribution is -0.116. The highest BCUT2D eigenvalue weighted by molar-refractivity contribution is 7.99. The van der Waals surface area contributed by atoms with Gasteiger partial charge in [-0.25, -0.2) is 9.67 Å². The molecule has 8 nitrogen and oxygen atoms in total. The zero-order chi connectivity index (χ0) is 24.0. The molecule has 0 spiro atoms. The molecule has 0 saturated carbocycles. The number of hydrogen-bond acceptors (Lipinski definition) is 6. The van der Waals surface area contributed by atoms with Crippen molar-refractivity contribution in [2.24, 2.45) is 0 Å². The maximum absolute atomic E-state index is 13.4. The number of nitrogens with one attached hydrogen (secondary N) is 1. The molecule has 1 aliphatic heterocycles. The van der Waals surface area contributed by atoms with E-state index in [0.29, 0.717) is 21.9 Å². The van der Waals surface area contributed by atoms with Gasteiger partial charge in [-0.15, -0.1) is 0 Å². The van der Waals surface area contributed by atoms with E-state index in [4.69, 9.17) is 4.98 Å². The number of benzene rings is 2. The highest BCUT2D eigenvalue weighted by atomic mass is 32.2. The van der Waals surface area contributed by atoms with Crippen LogP contribution in [0.4, 0.5) is 11.4 Å². The van der Waals surface area contributed by atoms with E-state index in [9.17, 15) is 9.59 Å². The van der Waals surface area contributed by atoms with Gasteiger partial charge in [0.1, 0.15) is 5.39 Å². The monoisotopic (exact) mass is 474 g/mol. The third kappa shape index (κ3) is 3.96. The average molecular weight is 475 g/mol. The molecule has 174 valence electrons. The Bertz CT molecular complexity index is 1460. The summed E-state index contributed by atoms with van der Waals surface area (Å²) in [6, 6.07) is 13.5. The number of carbonyl (C=O) groups is 1. The maximum Gasteiger partial charge on any atom is 0.265 e. The Kier molecular flexibility index (Phi) is 5.65. The topological polar surface area (TPSA) is 85.0 Å². The molecule has 9 heteroatoms. The Morgan fingerprint density at radius 3 is 2.62 bits per heavy atom. The predicted molar refractivity (Wildman–Crippen MR) is 136 cm³/mol. The van der Waals surface area contributed by atoms with E-state index in [1.165, 1.54) is 17.3 Å². The van der Waals surface area contributed by atoms with Crippen LogP contribution in [0.5, 0.6) is 0 Å². The van der Waals surface area contributed by atoms with Crippen molar-refractivity contribution in [2.75, 3.05) is 30.1 Å². The molecule has 0 bridgehead atoms. The van der Waals surface area contributed by atoms with Crippen LogP contribution in [0.25, 0.3) is 16.7 Å². The fourth-order valence-corrected chi connectivity index (χ4v) is 5.23. The van der Waals surface area contributed by atoms with Crippen LogP contribution in [0.2, 0.25) is 0 Å². The number of rotatable bonds is 5. The summed E-state index contributed by atoms with van der Waals surface area (Å²) in [5.74, 6) is 0.493. The second-order valence-electron chi connectivity index (χ2n) is 8.79. The number of carbonyl (C=O) groups excluding carboxylic acids is 1. The molecule has 34 heavy (non-hydrogen) atoms. The highest BCUT2D eigenvalue weighted by Crippen LogP contribution is 2.33. The number of fused-ring (bicyclic) bond motifs is 2. The summed E-state index contributed by atoms with van der Waals surface area (Å²) < 4.78 is 3.36. The van der Waals surface area contributed by atoms with Crippen LogP contribution in [0, 0.1) is 13.8 Å². The van der Waals surface area contributed by atoms with Crippen LogP contribution in [0.1, 0.15) is 23.6 Å². The lowest BCUT2D eigenvalue weighted by Gasteiger charge is -2.15. The van der Waals surface area contributed by atoms with Gasteiger partial charge < -0.3 is 10.2 Å². The van der Waals surface area contributed by atoms with Crippen molar-refractivity contribution >= 4 is 40.1 Å². The molecule has 3 heterocycles. The minimum Gasteiger partial charge on any atom is -0.378 e. The predicted octanol–water partition coefficient (Wildman–Crippen LogP) is 3.94. The van der Waals surface area contributed by atoms with Gasteiger partial charge >= 0.3 is 0 Å². The van der Waals surface area contributed by atoms with Crippen LogP contribution < -0.4 is 15.8 Å². The first-order valence-corrected chi connectivity index (χ1v) is 12.1. The van der Waals surface area contributed by atoms with E-state index in [1.54, 1.807) is 15.4 Å². The van der Waals surface area contributed by atoms with Crippen LogP contribution in [0.15, 0.2) is 58.6 Å². The van der Waals surface area contributed by atoms with Gasteiger partial charge in [-0.3, -0.25) is 14.2 Å². The van der Waals surface area contributed by atoms with Crippen molar-refractivity contribution < 1.29 is 4.79 Å². The lowest BCUT2D eigenvalue weighted by Crippen LogP contribution is -2.27. The van der Waals surface area contributed by atoms with Gasteiger partial charge in [0.15, 0.2) is 10.8 Å². The highest BCUT2D eigenvalue weighted by Gasteiger charge is 2.29. The van der Waals surface area contributed by atoms with Gasteiger partial charge in [0, 0.05) is 37.6 Å². The van der Waals surface area contributed by atoms with Crippen molar-refractivity contribution in [1.29, 1.82) is 0 Å².